The number of thioether (sulfide) groups is 1. The van der Waals surface area contributed by atoms with Crippen molar-refractivity contribution in [2.24, 2.45) is 10.4 Å². The molecule has 0 fully saturated rings. The first kappa shape index (κ1) is 26.5. The number of pyridine rings is 1. The van der Waals surface area contributed by atoms with Gasteiger partial charge in [0.05, 0.1) is 0 Å². The number of halogens is 1. The van der Waals surface area contributed by atoms with Gasteiger partial charge >= 0.3 is 170 Å². The van der Waals surface area contributed by atoms with Crippen LogP contribution in [0.1, 0.15) is 32.3 Å². The molecule has 1 unspecified atom stereocenters. The van der Waals surface area contributed by atoms with Gasteiger partial charge in [-0.15, -0.1) is 0 Å². The first-order valence-corrected chi connectivity index (χ1v) is 13.4. The molecule has 1 aromatic carbocycles. The summed E-state index contributed by atoms with van der Waals surface area (Å²) in [6.45, 7) is 8.73. The van der Waals surface area contributed by atoms with E-state index in [1.165, 1.54) is 18.8 Å². The maximum atomic E-state index is 15.2. The number of fused-ring (bicyclic) bond motifs is 1. The zero-order valence-corrected chi connectivity index (χ0v) is 21.8. The summed E-state index contributed by atoms with van der Waals surface area (Å²) in [5, 5.41) is 11.7. The van der Waals surface area contributed by atoms with E-state index in [0.29, 0.717) is 11.4 Å². The molecule has 180 valence electrons. The van der Waals surface area contributed by atoms with E-state index in [2.05, 4.69) is 40.8 Å². The third-order valence-corrected chi connectivity index (χ3v) is 8.47. The number of anilines is 1. The van der Waals surface area contributed by atoms with Crippen LogP contribution in [0.5, 0.6) is 0 Å². The second kappa shape index (κ2) is 12.5. The average molecular weight is 498 g/mol. The van der Waals surface area contributed by atoms with Crippen molar-refractivity contribution in [2.75, 3.05) is 30.4 Å². The molecular weight excluding hydrogens is 464 g/mol. The van der Waals surface area contributed by atoms with E-state index < -0.39 is 0 Å². The van der Waals surface area contributed by atoms with Gasteiger partial charge in [-0.1, -0.05) is 0 Å². The summed E-state index contributed by atoms with van der Waals surface area (Å²) in [6, 6.07) is 7.49. The fourth-order valence-corrected chi connectivity index (χ4v) is 6.09. The molecule has 0 bridgehead atoms. The Kier molecular flexibility index (Phi) is 9.77. The zero-order chi connectivity index (χ0) is 24.6. The molecule has 2 aromatic heterocycles. The number of aromatic amines is 1. The number of benzene rings is 1. The molecule has 0 aliphatic rings. The third kappa shape index (κ3) is 7.19. The predicted octanol–water partition coefficient (Wildman–Crippen LogP) is 6.93. The van der Waals surface area contributed by atoms with Crippen molar-refractivity contribution in [3.05, 3.63) is 48.0 Å². The van der Waals surface area contributed by atoms with Crippen LogP contribution in [-0.4, -0.2) is 48.9 Å². The molecule has 3 N–H and O–H groups in total. The summed E-state index contributed by atoms with van der Waals surface area (Å²) in [5.41, 5.74) is 2.05. The van der Waals surface area contributed by atoms with Crippen LogP contribution in [0.15, 0.2) is 51.4 Å². The van der Waals surface area contributed by atoms with Gasteiger partial charge in [-0.3, -0.25) is 0 Å². The summed E-state index contributed by atoms with van der Waals surface area (Å²) in [5.74, 6) is 2.68. The van der Waals surface area contributed by atoms with Crippen LogP contribution in [-0.2, 0) is 6.42 Å². The van der Waals surface area contributed by atoms with Crippen molar-refractivity contribution in [2.45, 2.75) is 48.7 Å². The van der Waals surface area contributed by atoms with Crippen LogP contribution < -0.4 is 5.32 Å². The standard InChI is InChI=1S/C25H33BFN5S2/c1-25(2,9-5-17(26-28)15-29-3)16-33-12-8-20-19-7-11-31-22(19)14-21(27)24(20)34-18-6-10-32-23(13-18)30-4/h6-7,10-11,13-14,17,28,31H,3,5,8-9,12,15-16H2,1-2,4H3,(H,30,32). The molecule has 34 heavy (non-hydrogen) atoms. The summed E-state index contributed by atoms with van der Waals surface area (Å²) in [6.07, 6.45) is 6.40. The van der Waals surface area contributed by atoms with Crippen LogP contribution in [0.2, 0.25) is 5.82 Å². The number of aliphatic imine (C=N–C) groups is 1. The Morgan fingerprint density at radius 2 is 2.18 bits per heavy atom. The topological polar surface area (TPSA) is 76.9 Å². The number of hydrogen-bond donors (Lipinski definition) is 3. The number of nitrogens with zero attached hydrogens (tertiary/aromatic N) is 2. The van der Waals surface area contributed by atoms with Crippen molar-refractivity contribution in [3.63, 3.8) is 0 Å². The van der Waals surface area contributed by atoms with Gasteiger partial charge in [0.25, 0.3) is 0 Å². The molecule has 2 heterocycles. The fourth-order valence-electron chi connectivity index (χ4n) is 3.88. The van der Waals surface area contributed by atoms with Gasteiger partial charge in [0.2, 0.25) is 0 Å². The van der Waals surface area contributed by atoms with Gasteiger partial charge < -0.3 is 5.32 Å². The van der Waals surface area contributed by atoms with Crippen LogP contribution in [0.25, 0.3) is 10.9 Å². The molecule has 3 aromatic rings. The SMILES string of the molecule is C=NCC(B=N)CCC(C)(C)CSCCc1c(Sc2ccnc(NC)c2)c(F)cc2[nH]ccc12. The fraction of sp³-hybridized carbons (Fsp3) is 0.440. The molecule has 0 saturated carbocycles. The quantitative estimate of drug-likeness (QED) is 0.128. The Bertz CT molecular complexity index is 1120. The van der Waals surface area contributed by atoms with Crippen molar-refractivity contribution in [1.29, 1.82) is 5.31 Å². The molecule has 1 atom stereocenters. The molecule has 0 amide bonds. The molecule has 0 spiro atoms. The number of H-pyrrole nitrogens is 1. The Morgan fingerprint density at radius 3 is 2.91 bits per heavy atom. The van der Waals surface area contributed by atoms with E-state index in [4.69, 9.17) is 5.31 Å². The van der Waals surface area contributed by atoms with E-state index in [1.54, 1.807) is 12.3 Å². The van der Waals surface area contributed by atoms with Crippen molar-refractivity contribution >= 4 is 54.0 Å². The van der Waals surface area contributed by atoms with E-state index in [9.17, 15) is 0 Å². The van der Waals surface area contributed by atoms with Gasteiger partial charge in [-0.25, -0.2) is 4.98 Å². The number of aryl methyl sites for hydroxylation is 1. The summed E-state index contributed by atoms with van der Waals surface area (Å²) >= 11 is 3.37. The Hall–Kier alpha value is -2.13. The van der Waals surface area contributed by atoms with Gasteiger partial charge in [0, 0.05) is 13.2 Å². The molecule has 9 heteroatoms. The van der Waals surface area contributed by atoms with E-state index in [-0.39, 0.29) is 17.0 Å². The first-order chi connectivity index (χ1) is 16.4. The van der Waals surface area contributed by atoms with Gasteiger partial charge in [0.1, 0.15) is 5.82 Å². The van der Waals surface area contributed by atoms with E-state index in [1.807, 2.05) is 43.2 Å². The molecular formula is C25H33BFN5S2. The first-order valence-electron chi connectivity index (χ1n) is 11.5. The van der Waals surface area contributed by atoms with Crippen LogP contribution >= 0.6 is 23.5 Å². The molecule has 0 aliphatic carbocycles. The second-order valence-corrected chi connectivity index (χ2v) is 11.4. The molecule has 0 radical (unpaired) electrons. The predicted molar refractivity (Wildman–Crippen MR) is 147 cm³/mol. The minimum atomic E-state index is -0.198. The van der Waals surface area contributed by atoms with Gasteiger partial charge in [-0.2, -0.15) is 0 Å². The van der Waals surface area contributed by atoms with E-state index >= 15 is 4.39 Å². The number of hydrogen-bond acceptors (Lipinski definition) is 6. The summed E-state index contributed by atoms with van der Waals surface area (Å²) in [7, 11) is 3.32. The van der Waals surface area contributed by atoms with Crippen LogP contribution in [0.4, 0.5) is 10.2 Å². The maximum absolute atomic E-state index is 15.2. The van der Waals surface area contributed by atoms with E-state index in [0.717, 1.165) is 57.9 Å². The normalized spacial score (nSPS) is 12.5. The monoisotopic (exact) mass is 497 g/mol. The Labute approximate surface area is 211 Å². The number of nitrogens with one attached hydrogen (secondary N) is 3. The molecule has 0 aliphatic heterocycles. The number of aromatic nitrogens is 2. The van der Waals surface area contributed by atoms with Crippen molar-refractivity contribution in [1.82, 2.24) is 9.97 Å². The molecule has 5 nitrogen and oxygen atoms in total. The van der Waals surface area contributed by atoms with Crippen molar-refractivity contribution in [3.8, 4) is 0 Å². The third-order valence-electron chi connectivity index (χ3n) is 5.85. The Balaban J connectivity index is 1.69. The summed E-state index contributed by atoms with van der Waals surface area (Å²) < 4.78 is 15.2. The molecule has 3 rings (SSSR count). The van der Waals surface area contributed by atoms with Gasteiger partial charge in [0.15, 0.2) is 0 Å². The average Bonchev–Trinajstić information content (AvgIpc) is 3.29. The van der Waals surface area contributed by atoms with Crippen LogP contribution in [0, 0.1) is 16.5 Å². The second-order valence-electron chi connectivity index (χ2n) is 9.17. The Morgan fingerprint density at radius 1 is 1.35 bits per heavy atom. The zero-order valence-electron chi connectivity index (χ0n) is 20.2. The number of rotatable bonds is 14. The summed E-state index contributed by atoms with van der Waals surface area (Å²) in [4.78, 5) is 13.0. The molecule has 0 saturated heterocycles. The van der Waals surface area contributed by atoms with Crippen molar-refractivity contribution < 1.29 is 4.39 Å². The van der Waals surface area contributed by atoms with Crippen LogP contribution in [0.3, 0.4) is 0 Å². The van der Waals surface area contributed by atoms with Gasteiger partial charge in [-0.05, 0) is 12.1 Å². The minimum absolute atomic E-state index is 0.163.